The molecule has 0 atom stereocenters. The third-order valence-electron chi connectivity index (χ3n) is 2.57. The number of rotatable bonds is 3. The highest BCUT2D eigenvalue weighted by atomic mass is 16.6. The van der Waals surface area contributed by atoms with Gasteiger partial charge in [0.05, 0.1) is 5.57 Å². The minimum Gasteiger partial charge on any atom is -0.457 e. The molecule has 17 heavy (non-hydrogen) atoms. The van der Waals surface area contributed by atoms with Crippen molar-refractivity contribution in [1.82, 2.24) is 0 Å². The van der Waals surface area contributed by atoms with Gasteiger partial charge in [0.25, 0.3) is 0 Å². The number of carbonyl (C=O) groups excluding carboxylic acids is 2. The first-order chi connectivity index (χ1) is 8.18. The van der Waals surface area contributed by atoms with Crippen molar-refractivity contribution < 1.29 is 19.1 Å². The van der Waals surface area contributed by atoms with Crippen LogP contribution in [-0.2, 0) is 25.7 Å². The van der Waals surface area contributed by atoms with Crippen LogP contribution in [0.1, 0.15) is 12.5 Å². The predicted molar refractivity (Wildman–Crippen MR) is 59.9 cm³/mol. The Morgan fingerprint density at radius 1 is 1.35 bits per heavy atom. The molecule has 0 radical (unpaired) electrons. The SMILES string of the molecule is CC1=C(C(=O)OCc2ccccc2)COC1=O. The van der Waals surface area contributed by atoms with Gasteiger partial charge in [0.1, 0.15) is 13.2 Å². The van der Waals surface area contributed by atoms with Gasteiger partial charge in [0.15, 0.2) is 0 Å². The van der Waals surface area contributed by atoms with Crippen LogP contribution in [0.3, 0.4) is 0 Å². The Bertz CT molecular complexity index is 473. The van der Waals surface area contributed by atoms with Gasteiger partial charge in [-0.05, 0) is 12.5 Å². The van der Waals surface area contributed by atoms with Crippen LogP contribution >= 0.6 is 0 Å². The van der Waals surface area contributed by atoms with Crippen LogP contribution in [0.2, 0.25) is 0 Å². The number of benzene rings is 1. The van der Waals surface area contributed by atoms with Crippen LogP contribution in [0.4, 0.5) is 0 Å². The topological polar surface area (TPSA) is 52.6 Å². The summed E-state index contributed by atoms with van der Waals surface area (Å²) in [5.74, 6) is -0.936. The highest BCUT2D eigenvalue weighted by molar-refractivity contribution is 6.03. The van der Waals surface area contributed by atoms with E-state index < -0.39 is 11.9 Å². The molecule has 0 aromatic heterocycles. The summed E-state index contributed by atoms with van der Waals surface area (Å²) >= 11 is 0. The van der Waals surface area contributed by atoms with Gasteiger partial charge in [-0.1, -0.05) is 30.3 Å². The third-order valence-corrected chi connectivity index (χ3v) is 2.57. The highest BCUT2D eigenvalue weighted by Crippen LogP contribution is 2.17. The highest BCUT2D eigenvalue weighted by Gasteiger charge is 2.27. The normalized spacial score (nSPS) is 14.8. The second-order valence-corrected chi connectivity index (χ2v) is 3.74. The van der Waals surface area contributed by atoms with Gasteiger partial charge in [-0.3, -0.25) is 0 Å². The molecule has 0 saturated carbocycles. The lowest BCUT2D eigenvalue weighted by Gasteiger charge is -2.04. The van der Waals surface area contributed by atoms with Crippen molar-refractivity contribution in [3.8, 4) is 0 Å². The van der Waals surface area contributed by atoms with Crippen LogP contribution in [0.5, 0.6) is 0 Å². The summed E-state index contributed by atoms with van der Waals surface area (Å²) in [7, 11) is 0. The molecule has 1 aliphatic heterocycles. The Hall–Kier alpha value is -2.10. The van der Waals surface area contributed by atoms with E-state index in [1.165, 1.54) is 0 Å². The number of carbonyl (C=O) groups is 2. The summed E-state index contributed by atoms with van der Waals surface area (Å²) in [5.41, 5.74) is 1.55. The fourth-order valence-electron chi connectivity index (χ4n) is 1.50. The Kier molecular flexibility index (Phi) is 3.23. The van der Waals surface area contributed by atoms with Gasteiger partial charge in [0.2, 0.25) is 0 Å². The maximum absolute atomic E-state index is 11.7. The summed E-state index contributed by atoms with van der Waals surface area (Å²) in [5, 5.41) is 0. The minimum absolute atomic E-state index is 0.0122. The molecule has 1 heterocycles. The predicted octanol–water partition coefficient (Wildman–Crippen LogP) is 1.60. The van der Waals surface area contributed by atoms with Crippen molar-refractivity contribution in [2.75, 3.05) is 6.61 Å². The van der Waals surface area contributed by atoms with E-state index in [2.05, 4.69) is 0 Å². The standard InChI is InChI=1S/C13H12O4/c1-9-11(8-17-12(9)14)13(15)16-7-10-5-3-2-4-6-10/h2-6H,7-8H2,1H3. The van der Waals surface area contributed by atoms with E-state index in [-0.39, 0.29) is 13.2 Å². The summed E-state index contributed by atoms with van der Waals surface area (Å²) in [6.07, 6.45) is 0. The lowest BCUT2D eigenvalue weighted by Crippen LogP contribution is -2.10. The van der Waals surface area contributed by atoms with Gasteiger partial charge >= 0.3 is 11.9 Å². The first-order valence-electron chi connectivity index (χ1n) is 5.26. The monoisotopic (exact) mass is 232 g/mol. The molecule has 0 amide bonds. The van der Waals surface area contributed by atoms with E-state index in [1.807, 2.05) is 30.3 Å². The van der Waals surface area contributed by atoms with Crippen molar-refractivity contribution in [2.45, 2.75) is 13.5 Å². The van der Waals surface area contributed by atoms with E-state index in [9.17, 15) is 9.59 Å². The molecule has 0 aliphatic carbocycles. The number of esters is 2. The largest absolute Gasteiger partial charge is 0.457 e. The Morgan fingerprint density at radius 2 is 2.06 bits per heavy atom. The quantitative estimate of drug-likeness (QED) is 0.743. The number of hydrogen-bond donors (Lipinski definition) is 0. The Balaban J connectivity index is 1.97. The lowest BCUT2D eigenvalue weighted by atomic mass is 10.2. The first kappa shape index (κ1) is 11.4. The van der Waals surface area contributed by atoms with Crippen LogP contribution < -0.4 is 0 Å². The van der Waals surface area contributed by atoms with Crippen molar-refractivity contribution in [1.29, 1.82) is 0 Å². The molecule has 2 rings (SSSR count). The molecule has 1 aromatic carbocycles. The number of hydrogen-bond acceptors (Lipinski definition) is 4. The fourth-order valence-corrected chi connectivity index (χ4v) is 1.50. The van der Waals surface area contributed by atoms with Crippen molar-refractivity contribution in [3.63, 3.8) is 0 Å². The number of ether oxygens (including phenoxy) is 2. The Morgan fingerprint density at radius 3 is 2.65 bits per heavy atom. The average molecular weight is 232 g/mol. The maximum Gasteiger partial charge on any atom is 0.338 e. The van der Waals surface area contributed by atoms with E-state index in [0.717, 1.165) is 5.56 Å². The molecular weight excluding hydrogens is 220 g/mol. The zero-order valence-electron chi connectivity index (χ0n) is 9.43. The first-order valence-corrected chi connectivity index (χ1v) is 5.26. The van der Waals surface area contributed by atoms with Crippen LogP contribution in [-0.4, -0.2) is 18.5 Å². The second-order valence-electron chi connectivity index (χ2n) is 3.74. The van der Waals surface area contributed by atoms with Gasteiger partial charge in [-0.25, -0.2) is 9.59 Å². The minimum atomic E-state index is -0.489. The van der Waals surface area contributed by atoms with Crippen LogP contribution in [0.15, 0.2) is 41.5 Å². The molecule has 0 unspecified atom stereocenters. The van der Waals surface area contributed by atoms with Crippen molar-refractivity contribution >= 4 is 11.9 Å². The molecule has 1 aliphatic rings. The molecule has 0 spiro atoms. The molecular formula is C13H12O4. The summed E-state index contributed by atoms with van der Waals surface area (Å²) in [6, 6.07) is 9.36. The van der Waals surface area contributed by atoms with Gasteiger partial charge in [0, 0.05) is 5.57 Å². The number of cyclic esters (lactones) is 1. The Labute approximate surface area is 98.8 Å². The third kappa shape index (κ3) is 2.53. The molecule has 1 aromatic rings. The zero-order chi connectivity index (χ0) is 12.3. The van der Waals surface area contributed by atoms with Crippen molar-refractivity contribution in [3.05, 3.63) is 47.0 Å². The van der Waals surface area contributed by atoms with Crippen molar-refractivity contribution in [2.24, 2.45) is 0 Å². The smallest absolute Gasteiger partial charge is 0.338 e. The van der Waals surface area contributed by atoms with E-state index in [1.54, 1.807) is 6.92 Å². The molecule has 0 N–H and O–H groups in total. The van der Waals surface area contributed by atoms with E-state index >= 15 is 0 Å². The fraction of sp³-hybridized carbons (Fsp3) is 0.231. The van der Waals surface area contributed by atoms with Crippen LogP contribution in [0.25, 0.3) is 0 Å². The van der Waals surface area contributed by atoms with E-state index in [4.69, 9.17) is 9.47 Å². The molecule has 0 bridgehead atoms. The summed E-state index contributed by atoms with van der Waals surface area (Å²) in [4.78, 5) is 22.7. The molecule has 0 fully saturated rings. The summed E-state index contributed by atoms with van der Waals surface area (Å²) < 4.78 is 9.84. The zero-order valence-corrected chi connectivity index (χ0v) is 9.43. The lowest BCUT2D eigenvalue weighted by molar-refractivity contribution is -0.140. The molecule has 88 valence electrons. The average Bonchev–Trinajstić information content (AvgIpc) is 2.69. The van der Waals surface area contributed by atoms with Crippen LogP contribution in [0, 0.1) is 0 Å². The van der Waals surface area contributed by atoms with Gasteiger partial charge in [-0.2, -0.15) is 0 Å². The molecule has 4 nitrogen and oxygen atoms in total. The maximum atomic E-state index is 11.7. The summed E-state index contributed by atoms with van der Waals surface area (Å²) in [6.45, 7) is 1.78. The van der Waals surface area contributed by atoms with Gasteiger partial charge in [-0.15, -0.1) is 0 Å². The second kappa shape index (κ2) is 4.82. The molecule has 0 saturated heterocycles. The van der Waals surface area contributed by atoms with Gasteiger partial charge < -0.3 is 9.47 Å². The van der Waals surface area contributed by atoms with E-state index in [0.29, 0.717) is 11.1 Å². The molecule has 4 heteroatoms.